The molecular formula is C6H13NO. The van der Waals surface area contributed by atoms with Gasteiger partial charge in [0, 0.05) is 0 Å². The molecule has 8 heavy (non-hydrogen) atoms. The quantitative estimate of drug-likeness (QED) is 0.513. The van der Waals surface area contributed by atoms with Crippen molar-refractivity contribution in [1.82, 2.24) is 0 Å². The molecule has 48 valence electrons. The van der Waals surface area contributed by atoms with Crippen molar-refractivity contribution in [2.45, 2.75) is 13.0 Å². The topological polar surface area (TPSA) is 46.2 Å². The maximum atomic E-state index is 8.93. The van der Waals surface area contributed by atoms with Crippen LogP contribution in [-0.2, 0) is 0 Å². The van der Waals surface area contributed by atoms with E-state index in [1.807, 2.05) is 6.92 Å². The van der Waals surface area contributed by atoms with Crippen LogP contribution in [0.1, 0.15) is 6.92 Å². The second-order valence-corrected chi connectivity index (χ2v) is 1.94. The van der Waals surface area contributed by atoms with Crippen LogP contribution in [0.4, 0.5) is 0 Å². The smallest absolute Gasteiger partial charge is 0.0755 e. The summed E-state index contributed by atoms with van der Waals surface area (Å²) in [5, 5.41) is 8.93. The summed E-state index contributed by atoms with van der Waals surface area (Å²) >= 11 is 0. The molecule has 0 aliphatic rings. The molecule has 0 rings (SSSR count). The average molecular weight is 115 g/mol. The Labute approximate surface area is 50.0 Å². The lowest BCUT2D eigenvalue weighted by Gasteiger charge is -2.10. The van der Waals surface area contributed by atoms with Gasteiger partial charge in [0.25, 0.3) is 0 Å². The molecule has 0 saturated heterocycles. The van der Waals surface area contributed by atoms with Crippen LogP contribution in [0, 0.1) is 5.92 Å². The minimum absolute atomic E-state index is 0.132. The Morgan fingerprint density at radius 2 is 2.38 bits per heavy atom. The first kappa shape index (κ1) is 7.66. The zero-order valence-electron chi connectivity index (χ0n) is 5.17. The van der Waals surface area contributed by atoms with E-state index in [0.29, 0.717) is 6.54 Å². The second kappa shape index (κ2) is 3.64. The van der Waals surface area contributed by atoms with Crippen LogP contribution >= 0.6 is 0 Å². The lowest BCUT2D eigenvalue weighted by molar-refractivity contribution is 0.167. The monoisotopic (exact) mass is 115 g/mol. The van der Waals surface area contributed by atoms with Gasteiger partial charge in [-0.25, -0.2) is 0 Å². The average Bonchev–Trinajstić information content (AvgIpc) is 1.84. The molecule has 0 saturated carbocycles. The molecule has 0 aromatic carbocycles. The van der Waals surface area contributed by atoms with Crippen molar-refractivity contribution in [2.24, 2.45) is 11.7 Å². The minimum Gasteiger partial charge on any atom is -0.389 e. The van der Waals surface area contributed by atoms with Crippen molar-refractivity contribution in [3.05, 3.63) is 12.7 Å². The molecule has 2 atom stereocenters. The Kier molecular flexibility index (Phi) is 3.48. The van der Waals surface area contributed by atoms with E-state index in [1.54, 1.807) is 0 Å². The Bertz CT molecular complexity index is 72.9. The Morgan fingerprint density at radius 1 is 1.88 bits per heavy atom. The molecule has 0 aromatic rings. The van der Waals surface area contributed by atoms with Crippen LogP contribution in [0.5, 0.6) is 0 Å². The number of nitrogens with two attached hydrogens (primary N) is 1. The Balaban J connectivity index is 3.44. The maximum Gasteiger partial charge on any atom is 0.0755 e. The number of rotatable bonds is 3. The van der Waals surface area contributed by atoms with Gasteiger partial charge in [-0.3, -0.25) is 0 Å². The zero-order valence-corrected chi connectivity index (χ0v) is 5.17. The summed E-state index contributed by atoms with van der Waals surface area (Å²) in [7, 11) is 0. The molecule has 0 spiro atoms. The van der Waals surface area contributed by atoms with Gasteiger partial charge >= 0.3 is 0 Å². The molecule has 2 unspecified atom stereocenters. The summed E-state index contributed by atoms with van der Waals surface area (Å²) in [4.78, 5) is 0. The lowest BCUT2D eigenvalue weighted by atomic mass is 10.1. The van der Waals surface area contributed by atoms with Gasteiger partial charge in [0.1, 0.15) is 0 Å². The normalized spacial score (nSPS) is 17.4. The van der Waals surface area contributed by atoms with Crippen molar-refractivity contribution in [2.75, 3.05) is 6.54 Å². The predicted octanol–water partition coefficient (Wildman–Crippen LogP) is 0.128. The highest BCUT2D eigenvalue weighted by Gasteiger charge is 2.05. The first-order valence-corrected chi connectivity index (χ1v) is 2.73. The first-order chi connectivity index (χ1) is 3.72. The summed E-state index contributed by atoms with van der Waals surface area (Å²) < 4.78 is 0. The lowest BCUT2D eigenvalue weighted by Crippen LogP contribution is -2.22. The summed E-state index contributed by atoms with van der Waals surface area (Å²) in [6.45, 7) is 5.81. The molecule has 0 heterocycles. The van der Waals surface area contributed by atoms with Gasteiger partial charge in [0.2, 0.25) is 0 Å². The predicted molar refractivity (Wildman–Crippen MR) is 34.4 cm³/mol. The van der Waals surface area contributed by atoms with Crippen LogP contribution in [0.15, 0.2) is 12.7 Å². The van der Waals surface area contributed by atoms with Crippen molar-refractivity contribution in [3.63, 3.8) is 0 Å². The van der Waals surface area contributed by atoms with Crippen molar-refractivity contribution >= 4 is 0 Å². The summed E-state index contributed by atoms with van der Waals surface area (Å²) in [6.07, 6.45) is 1.05. The highest BCUT2D eigenvalue weighted by Crippen LogP contribution is 1.99. The van der Waals surface area contributed by atoms with Gasteiger partial charge in [-0.2, -0.15) is 0 Å². The molecule has 0 fully saturated rings. The van der Waals surface area contributed by atoms with E-state index in [1.165, 1.54) is 6.08 Å². The van der Waals surface area contributed by atoms with Crippen LogP contribution in [0.25, 0.3) is 0 Å². The van der Waals surface area contributed by atoms with E-state index in [2.05, 4.69) is 6.58 Å². The second-order valence-electron chi connectivity index (χ2n) is 1.94. The Morgan fingerprint density at radius 3 is 2.50 bits per heavy atom. The number of hydrogen-bond donors (Lipinski definition) is 2. The zero-order chi connectivity index (χ0) is 6.57. The van der Waals surface area contributed by atoms with Gasteiger partial charge in [-0.05, 0) is 12.5 Å². The van der Waals surface area contributed by atoms with E-state index < -0.39 is 6.10 Å². The van der Waals surface area contributed by atoms with Gasteiger partial charge < -0.3 is 10.8 Å². The molecule has 3 N–H and O–H groups in total. The van der Waals surface area contributed by atoms with Crippen molar-refractivity contribution < 1.29 is 5.11 Å². The first-order valence-electron chi connectivity index (χ1n) is 2.73. The molecule has 2 heteroatoms. The van der Waals surface area contributed by atoms with E-state index in [9.17, 15) is 0 Å². The number of hydrogen-bond acceptors (Lipinski definition) is 2. The molecule has 0 radical (unpaired) electrons. The van der Waals surface area contributed by atoms with E-state index in [4.69, 9.17) is 10.8 Å². The van der Waals surface area contributed by atoms with Gasteiger partial charge in [0.05, 0.1) is 6.10 Å². The minimum atomic E-state index is -0.444. The number of aliphatic hydroxyl groups excluding tert-OH is 1. The molecule has 0 aliphatic carbocycles. The van der Waals surface area contributed by atoms with Crippen LogP contribution in [0.3, 0.4) is 0 Å². The molecule has 0 amide bonds. The molecule has 0 aromatic heterocycles. The molecule has 0 bridgehead atoms. The third-order valence-electron chi connectivity index (χ3n) is 1.20. The third-order valence-corrected chi connectivity index (χ3v) is 1.20. The fraction of sp³-hybridized carbons (Fsp3) is 0.667. The maximum absolute atomic E-state index is 8.93. The fourth-order valence-electron chi connectivity index (χ4n) is 0.372. The standard InChI is InChI=1S/C6H13NO/c1-3-6(8)5(2)4-7/h3,5-6,8H,1,4,7H2,2H3. The third kappa shape index (κ3) is 2.09. The van der Waals surface area contributed by atoms with Crippen LogP contribution in [-0.4, -0.2) is 17.8 Å². The summed E-state index contributed by atoms with van der Waals surface area (Å²) in [6, 6.07) is 0. The Hall–Kier alpha value is -0.340. The van der Waals surface area contributed by atoms with Gasteiger partial charge in [-0.15, -0.1) is 6.58 Å². The highest BCUT2D eigenvalue weighted by molar-refractivity contribution is 4.82. The molecular weight excluding hydrogens is 102 g/mol. The van der Waals surface area contributed by atoms with E-state index in [0.717, 1.165) is 0 Å². The van der Waals surface area contributed by atoms with Crippen LogP contribution < -0.4 is 5.73 Å². The SMILES string of the molecule is C=CC(O)C(C)CN. The molecule has 0 aliphatic heterocycles. The highest BCUT2D eigenvalue weighted by atomic mass is 16.3. The molecule has 2 nitrogen and oxygen atoms in total. The van der Waals surface area contributed by atoms with Crippen molar-refractivity contribution in [3.8, 4) is 0 Å². The van der Waals surface area contributed by atoms with E-state index >= 15 is 0 Å². The van der Waals surface area contributed by atoms with Gasteiger partial charge in [-0.1, -0.05) is 13.0 Å². The fourth-order valence-corrected chi connectivity index (χ4v) is 0.372. The van der Waals surface area contributed by atoms with Crippen molar-refractivity contribution in [1.29, 1.82) is 0 Å². The summed E-state index contributed by atoms with van der Waals surface area (Å²) in [5.41, 5.74) is 5.24. The van der Waals surface area contributed by atoms with Gasteiger partial charge in [0.15, 0.2) is 0 Å². The number of aliphatic hydroxyl groups is 1. The summed E-state index contributed by atoms with van der Waals surface area (Å²) in [5.74, 6) is 0.132. The van der Waals surface area contributed by atoms with E-state index in [-0.39, 0.29) is 5.92 Å². The largest absolute Gasteiger partial charge is 0.389 e. The van der Waals surface area contributed by atoms with Crippen LogP contribution in [0.2, 0.25) is 0 Å².